The first-order chi connectivity index (χ1) is 3.43. The van der Waals surface area contributed by atoms with Gasteiger partial charge in [0.15, 0.2) is 0 Å². The van der Waals surface area contributed by atoms with E-state index in [0.29, 0.717) is 5.75 Å². The minimum Gasteiger partial charge on any atom is -0.253 e. The number of hydrogen-bond donors (Lipinski definition) is 0. The molecule has 1 aromatic heterocycles. The molecule has 0 aliphatic heterocycles. The molecule has 1 radical (unpaired) electrons. The van der Waals surface area contributed by atoms with Crippen LogP contribution in [0.1, 0.15) is 4.88 Å². The fourth-order valence-electron chi connectivity index (χ4n) is 0.313. The van der Waals surface area contributed by atoms with Gasteiger partial charge in [-0.2, -0.15) is 0 Å². The van der Waals surface area contributed by atoms with Crippen molar-refractivity contribution in [1.82, 2.24) is 4.98 Å². The lowest BCUT2D eigenvalue weighted by Crippen LogP contribution is -1.60. The molecule has 0 aliphatic rings. The van der Waals surface area contributed by atoms with E-state index in [9.17, 15) is 0 Å². The van der Waals surface area contributed by atoms with E-state index in [-0.39, 0.29) is 0 Å². The van der Waals surface area contributed by atoms with Crippen molar-refractivity contribution in [3.8, 4) is 0 Å². The van der Waals surface area contributed by atoms with Crippen molar-refractivity contribution in [2.75, 3.05) is 0 Å². The highest BCUT2D eigenvalue weighted by Crippen LogP contribution is 2.06. The fourth-order valence-corrected chi connectivity index (χ4v) is 1.04. The summed E-state index contributed by atoms with van der Waals surface area (Å²) in [6.07, 6.45) is 1.80. The van der Waals surface area contributed by atoms with Crippen LogP contribution in [-0.2, 0) is 5.75 Å². The van der Waals surface area contributed by atoms with Crippen LogP contribution in [0.15, 0.2) is 11.7 Å². The molecular formula is C4H4NS2. The van der Waals surface area contributed by atoms with Gasteiger partial charge in [-0.3, -0.25) is 4.98 Å². The van der Waals surface area contributed by atoms with Gasteiger partial charge in [-0.15, -0.1) is 11.3 Å². The summed E-state index contributed by atoms with van der Waals surface area (Å²) in [7, 11) is 0. The summed E-state index contributed by atoms with van der Waals surface area (Å²) >= 11 is 6.35. The van der Waals surface area contributed by atoms with Gasteiger partial charge in [0.05, 0.1) is 5.51 Å². The third-order valence-electron chi connectivity index (χ3n) is 0.626. The number of nitrogens with zero attached hydrogens (tertiary/aromatic N) is 1. The normalized spacial score (nSPS) is 9.29. The van der Waals surface area contributed by atoms with Crippen LogP contribution in [0.25, 0.3) is 0 Å². The fraction of sp³-hybridized carbons (Fsp3) is 0.250. The van der Waals surface area contributed by atoms with E-state index in [1.54, 1.807) is 23.0 Å². The molecule has 0 aromatic carbocycles. The molecule has 1 heterocycles. The Bertz CT molecular complexity index is 124. The molecule has 0 spiro atoms. The summed E-state index contributed by atoms with van der Waals surface area (Å²) in [6, 6.07) is 0. The molecule has 0 saturated heterocycles. The molecule has 7 heavy (non-hydrogen) atoms. The SMILES string of the molecule is [S]Cc1cncs1. The Morgan fingerprint density at radius 1 is 1.86 bits per heavy atom. The van der Waals surface area contributed by atoms with Crippen LogP contribution < -0.4 is 0 Å². The minimum absolute atomic E-state index is 0.699. The van der Waals surface area contributed by atoms with Crippen molar-refractivity contribution in [2.45, 2.75) is 5.75 Å². The van der Waals surface area contributed by atoms with Crippen LogP contribution in [0.4, 0.5) is 0 Å². The van der Waals surface area contributed by atoms with Crippen molar-refractivity contribution in [2.24, 2.45) is 0 Å². The molecule has 1 aromatic rings. The molecule has 0 fully saturated rings. The first kappa shape index (κ1) is 5.12. The summed E-state index contributed by atoms with van der Waals surface area (Å²) in [5.74, 6) is 0.699. The molecule has 0 atom stereocenters. The molecule has 37 valence electrons. The van der Waals surface area contributed by atoms with E-state index in [2.05, 4.69) is 4.98 Å². The first-order valence-corrected chi connectivity index (χ1v) is 3.34. The highest BCUT2D eigenvalue weighted by atomic mass is 32.1. The van der Waals surface area contributed by atoms with E-state index >= 15 is 0 Å². The van der Waals surface area contributed by atoms with Gasteiger partial charge in [0.1, 0.15) is 0 Å². The highest BCUT2D eigenvalue weighted by molar-refractivity contribution is 7.79. The van der Waals surface area contributed by atoms with Crippen molar-refractivity contribution < 1.29 is 0 Å². The molecule has 0 unspecified atom stereocenters. The van der Waals surface area contributed by atoms with Crippen LogP contribution in [0.3, 0.4) is 0 Å². The maximum Gasteiger partial charge on any atom is 0.0794 e. The van der Waals surface area contributed by atoms with E-state index in [0.717, 1.165) is 0 Å². The Balaban J connectivity index is 2.76. The Labute approximate surface area is 51.8 Å². The quantitative estimate of drug-likeness (QED) is 0.565. The van der Waals surface area contributed by atoms with Crippen LogP contribution in [0.5, 0.6) is 0 Å². The lowest BCUT2D eigenvalue weighted by atomic mass is 10.6. The molecule has 1 nitrogen and oxygen atoms in total. The van der Waals surface area contributed by atoms with Crippen molar-refractivity contribution in [3.63, 3.8) is 0 Å². The maximum atomic E-state index is 4.74. The van der Waals surface area contributed by atoms with Crippen molar-refractivity contribution in [1.29, 1.82) is 0 Å². The molecular weight excluding hydrogens is 126 g/mol. The van der Waals surface area contributed by atoms with Gasteiger partial charge in [0, 0.05) is 16.8 Å². The Morgan fingerprint density at radius 2 is 2.71 bits per heavy atom. The highest BCUT2D eigenvalue weighted by Gasteiger charge is 1.85. The number of aromatic nitrogens is 1. The average molecular weight is 130 g/mol. The largest absolute Gasteiger partial charge is 0.253 e. The summed E-state index contributed by atoms with van der Waals surface area (Å²) in [5, 5.41) is 0. The second-order valence-electron chi connectivity index (χ2n) is 1.11. The van der Waals surface area contributed by atoms with Gasteiger partial charge in [-0.1, -0.05) is 12.6 Å². The standard InChI is InChI=1S/C4H4NS2/c6-2-4-1-5-3-7-4/h1,3H,2H2. The predicted octanol–water partition coefficient (Wildman–Crippen LogP) is 1.84. The molecule has 1 rings (SSSR count). The second-order valence-corrected chi connectivity index (χ2v) is 2.37. The lowest BCUT2D eigenvalue weighted by Gasteiger charge is -1.74. The Kier molecular flexibility index (Phi) is 1.70. The number of hydrogen-bond acceptors (Lipinski definition) is 2. The van der Waals surface area contributed by atoms with Crippen molar-refractivity contribution >= 4 is 24.0 Å². The Morgan fingerprint density at radius 3 is 3.00 bits per heavy atom. The topological polar surface area (TPSA) is 12.9 Å². The zero-order valence-electron chi connectivity index (χ0n) is 3.63. The van der Waals surface area contributed by atoms with Gasteiger partial charge in [0.25, 0.3) is 0 Å². The van der Waals surface area contributed by atoms with Crippen LogP contribution in [0, 0.1) is 0 Å². The van der Waals surface area contributed by atoms with Crippen LogP contribution >= 0.6 is 24.0 Å². The van der Waals surface area contributed by atoms with Gasteiger partial charge >= 0.3 is 0 Å². The van der Waals surface area contributed by atoms with Gasteiger partial charge in [0.2, 0.25) is 0 Å². The zero-order valence-corrected chi connectivity index (χ0v) is 5.26. The molecule has 0 bridgehead atoms. The average Bonchev–Trinajstić information content (AvgIpc) is 2.14. The molecule has 0 saturated carbocycles. The number of thiazole rings is 1. The second kappa shape index (κ2) is 2.33. The van der Waals surface area contributed by atoms with E-state index in [1.165, 1.54) is 4.88 Å². The van der Waals surface area contributed by atoms with Gasteiger partial charge < -0.3 is 0 Å². The molecule has 0 aliphatic carbocycles. The molecule has 3 heteroatoms. The maximum absolute atomic E-state index is 4.74. The van der Waals surface area contributed by atoms with E-state index < -0.39 is 0 Å². The number of rotatable bonds is 1. The zero-order chi connectivity index (χ0) is 5.11. The lowest BCUT2D eigenvalue weighted by molar-refractivity contribution is 1.38. The minimum atomic E-state index is 0.699. The van der Waals surface area contributed by atoms with Crippen LogP contribution in [0.2, 0.25) is 0 Å². The third kappa shape index (κ3) is 1.17. The first-order valence-electron chi connectivity index (χ1n) is 1.89. The summed E-state index contributed by atoms with van der Waals surface area (Å²) in [6.45, 7) is 0. The molecule has 0 N–H and O–H groups in total. The van der Waals surface area contributed by atoms with E-state index in [1.807, 2.05) is 0 Å². The van der Waals surface area contributed by atoms with Crippen molar-refractivity contribution in [3.05, 3.63) is 16.6 Å². The summed E-state index contributed by atoms with van der Waals surface area (Å²) in [5.41, 5.74) is 1.79. The smallest absolute Gasteiger partial charge is 0.0794 e. The monoisotopic (exact) mass is 130 g/mol. The van der Waals surface area contributed by atoms with E-state index in [4.69, 9.17) is 12.6 Å². The van der Waals surface area contributed by atoms with Gasteiger partial charge in [-0.25, -0.2) is 0 Å². The summed E-state index contributed by atoms with van der Waals surface area (Å²) in [4.78, 5) is 5.02. The summed E-state index contributed by atoms with van der Waals surface area (Å²) < 4.78 is 0. The Hall–Kier alpha value is -0.0200. The predicted molar refractivity (Wildman–Crippen MR) is 33.4 cm³/mol. The van der Waals surface area contributed by atoms with Crippen LogP contribution in [-0.4, -0.2) is 4.98 Å². The van der Waals surface area contributed by atoms with Gasteiger partial charge in [-0.05, 0) is 0 Å². The third-order valence-corrected chi connectivity index (χ3v) is 1.90. The molecule has 0 amide bonds.